The minimum atomic E-state index is -0.256. The molecule has 0 spiro atoms. The zero-order valence-electron chi connectivity index (χ0n) is 20.2. The minimum Gasteiger partial charge on any atom is -0.494 e. The second-order valence-corrected chi connectivity index (χ2v) is 8.49. The molecule has 0 aliphatic rings. The molecule has 0 saturated heterocycles. The maximum atomic E-state index is 13.0. The number of carbonyl (C=O) groups is 2. The molecule has 0 aliphatic carbocycles. The highest BCUT2D eigenvalue weighted by Crippen LogP contribution is 2.20. The van der Waals surface area contributed by atoms with Gasteiger partial charge in [0.1, 0.15) is 12.3 Å². The lowest BCUT2D eigenvalue weighted by atomic mass is 10.1. The summed E-state index contributed by atoms with van der Waals surface area (Å²) in [5.74, 6) is 0.238. The topological polar surface area (TPSA) is 89.4 Å². The number of nitrogens with one attached hydrogen (secondary N) is 2. The van der Waals surface area contributed by atoms with Crippen molar-refractivity contribution < 1.29 is 14.3 Å². The van der Waals surface area contributed by atoms with Crippen LogP contribution in [0.5, 0.6) is 5.75 Å². The molecule has 2 amide bonds. The normalized spacial score (nSPS) is 10.8. The van der Waals surface area contributed by atoms with Crippen LogP contribution < -0.4 is 20.8 Å². The third-order valence-electron chi connectivity index (χ3n) is 6.03. The fourth-order valence-electron chi connectivity index (χ4n) is 4.30. The molecule has 0 radical (unpaired) electrons. The van der Waals surface area contributed by atoms with E-state index >= 15 is 0 Å². The molecule has 7 heteroatoms. The molecule has 0 bridgehead atoms. The molecule has 4 aromatic carbocycles. The number of aromatic nitrogens is 1. The predicted molar refractivity (Wildman–Crippen MR) is 146 cm³/mol. The summed E-state index contributed by atoms with van der Waals surface area (Å²) in [6, 6.07) is 28.4. The summed E-state index contributed by atoms with van der Waals surface area (Å²) in [6.07, 6.45) is 0. The van der Waals surface area contributed by atoms with Crippen molar-refractivity contribution in [3.05, 3.63) is 113 Å². The van der Waals surface area contributed by atoms with Crippen LogP contribution in [0.15, 0.2) is 102 Å². The van der Waals surface area contributed by atoms with Gasteiger partial charge >= 0.3 is 0 Å². The van der Waals surface area contributed by atoms with Crippen LogP contribution in [-0.2, 0) is 11.3 Å². The number of rotatable bonds is 7. The second kappa shape index (κ2) is 10.4. The molecule has 0 unspecified atom stereocenters. The van der Waals surface area contributed by atoms with E-state index in [-0.39, 0.29) is 23.8 Å². The van der Waals surface area contributed by atoms with E-state index in [1.165, 1.54) is 0 Å². The van der Waals surface area contributed by atoms with Crippen LogP contribution in [0.3, 0.4) is 0 Å². The van der Waals surface area contributed by atoms with Gasteiger partial charge in [0, 0.05) is 27.7 Å². The number of carbonyl (C=O) groups excluding carboxylic acids is 2. The highest BCUT2D eigenvalue weighted by Gasteiger charge is 2.13. The lowest BCUT2D eigenvalue weighted by molar-refractivity contribution is -0.116. The summed E-state index contributed by atoms with van der Waals surface area (Å²) in [6.45, 7) is 2.52. The summed E-state index contributed by atoms with van der Waals surface area (Å²) >= 11 is 0. The van der Waals surface area contributed by atoms with Crippen molar-refractivity contribution in [1.29, 1.82) is 0 Å². The van der Waals surface area contributed by atoms with Crippen LogP contribution >= 0.6 is 0 Å². The average Bonchev–Trinajstić information content (AvgIpc) is 2.92. The number of pyridine rings is 1. The zero-order chi connectivity index (χ0) is 25.8. The number of anilines is 2. The predicted octanol–water partition coefficient (Wildman–Crippen LogP) is 5.44. The maximum Gasteiger partial charge on any atom is 0.255 e. The standard InChI is InChI=1S/C30H25N3O4/c1-2-37-23-17-15-22(16-18-23)32-30(36)20-11-13-21(14-12-20)31-28(34)19-33-26-9-5-3-7-24(26)29(35)25-8-4-6-10-27(25)33/h3-18H,2,19H2,1H3,(H,31,34)(H,32,36). The third kappa shape index (κ3) is 5.06. The molecule has 1 aromatic heterocycles. The van der Waals surface area contributed by atoms with Gasteiger partial charge in [0.2, 0.25) is 5.91 Å². The summed E-state index contributed by atoms with van der Waals surface area (Å²) in [7, 11) is 0. The third-order valence-corrected chi connectivity index (χ3v) is 6.03. The molecule has 7 nitrogen and oxygen atoms in total. The Morgan fingerprint density at radius 2 is 1.27 bits per heavy atom. The SMILES string of the molecule is CCOc1ccc(NC(=O)c2ccc(NC(=O)Cn3c4ccccc4c(=O)c4ccccc43)cc2)cc1. The van der Waals surface area contributed by atoms with Crippen molar-refractivity contribution in [3.63, 3.8) is 0 Å². The Bertz CT molecular complexity index is 1600. The van der Waals surface area contributed by atoms with Crippen LogP contribution in [0.2, 0.25) is 0 Å². The number of nitrogens with zero attached hydrogens (tertiary/aromatic N) is 1. The van der Waals surface area contributed by atoms with E-state index in [0.29, 0.717) is 45.4 Å². The molecule has 0 atom stereocenters. The largest absolute Gasteiger partial charge is 0.494 e. The van der Waals surface area contributed by atoms with Crippen molar-refractivity contribution in [3.8, 4) is 5.75 Å². The van der Waals surface area contributed by atoms with Gasteiger partial charge in [-0.3, -0.25) is 14.4 Å². The lowest BCUT2D eigenvalue weighted by Gasteiger charge is -2.15. The molecule has 0 fully saturated rings. The molecule has 184 valence electrons. The minimum absolute atomic E-state index is 0.0291. The monoisotopic (exact) mass is 491 g/mol. The highest BCUT2D eigenvalue weighted by molar-refractivity contribution is 6.04. The van der Waals surface area contributed by atoms with Crippen molar-refractivity contribution in [2.75, 3.05) is 17.2 Å². The Morgan fingerprint density at radius 3 is 1.86 bits per heavy atom. The van der Waals surface area contributed by atoms with Gasteiger partial charge in [-0.05, 0) is 79.7 Å². The second-order valence-electron chi connectivity index (χ2n) is 8.49. The summed E-state index contributed by atoms with van der Waals surface area (Å²) < 4.78 is 7.26. The molecule has 37 heavy (non-hydrogen) atoms. The maximum absolute atomic E-state index is 13.0. The fraction of sp³-hybridized carbons (Fsp3) is 0.100. The summed E-state index contributed by atoms with van der Waals surface area (Å²) in [5, 5.41) is 6.87. The van der Waals surface area contributed by atoms with Crippen molar-refractivity contribution >= 4 is 45.0 Å². The molecule has 5 aromatic rings. The van der Waals surface area contributed by atoms with E-state index in [0.717, 1.165) is 5.75 Å². The number of amides is 2. The molecular weight excluding hydrogens is 466 g/mol. The van der Waals surface area contributed by atoms with Gasteiger partial charge in [-0.1, -0.05) is 24.3 Å². The van der Waals surface area contributed by atoms with Gasteiger partial charge in [0.15, 0.2) is 5.43 Å². The van der Waals surface area contributed by atoms with E-state index in [9.17, 15) is 14.4 Å². The highest BCUT2D eigenvalue weighted by atomic mass is 16.5. The van der Waals surface area contributed by atoms with Crippen molar-refractivity contribution in [2.24, 2.45) is 0 Å². The van der Waals surface area contributed by atoms with E-state index in [2.05, 4.69) is 10.6 Å². The van der Waals surface area contributed by atoms with Gasteiger partial charge in [-0.15, -0.1) is 0 Å². The van der Waals surface area contributed by atoms with E-state index in [1.807, 2.05) is 47.9 Å². The Hall–Kier alpha value is -4.91. The van der Waals surface area contributed by atoms with Crippen LogP contribution in [0.4, 0.5) is 11.4 Å². The quantitative estimate of drug-likeness (QED) is 0.297. The molecule has 5 rings (SSSR count). The first-order valence-corrected chi connectivity index (χ1v) is 12.0. The number of hydrogen-bond donors (Lipinski definition) is 2. The van der Waals surface area contributed by atoms with E-state index < -0.39 is 0 Å². The van der Waals surface area contributed by atoms with Crippen molar-refractivity contribution in [1.82, 2.24) is 4.57 Å². The molecule has 2 N–H and O–H groups in total. The molecule has 1 heterocycles. The number of benzene rings is 4. The van der Waals surface area contributed by atoms with Gasteiger partial charge in [-0.25, -0.2) is 0 Å². The number of fused-ring (bicyclic) bond motifs is 2. The molecule has 0 aliphatic heterocycles. The Balaban J connectivity index is 1.30. The smallest absolute Gasteiger partial charge is 0.255 e. The van der Waals surface area contributed by atoms with Crippen molar-refractivity contribution in [2.45, 2.75) is 13.5 Å². The molecular formula is C30H25N3O4. The van der Waals surface area contributed by atoms with Gasteiger partial charge in [0.25, 0.3) is 5.91 Å². The first-order valence-electron chi connectivity index (χ1n) is 12.0. The average molecular weight is 492 g/mol. The van der Waals surface area contributed by atoms with Gasteiger partial charge < -0.3 is 19.9 Å². The van der Waals surface area contributed by atoms with E-state index in [1.54, 1.807) is 60.7 Å². The number of para-hydroxylation sites is 2. The lowest BCUT2D eigenvalue weighted by Crippen LogP contribution is -2.21. The first-order chi connectivity index (χ1) is 18.0. The number of hydrogen-bond acceptors (Lipinski definition) is 4. The summed E-state index contributed by atoms with van der Waals surface area (Å²) in [4.78, 5) is 38.5. The van der Waals surface area contributed by atoms with E-state index in [4.69, 9.17) is 4.74 Å². The Kier molecular flexibility index (Phi) is 6.68. The van der Waals surface area contributed by atoms with Crippen LogP contribution in [0.1, 0.15) is 17.3 Å². The van der Waals surface area contributed by atoms with Gasteiger partial charge in [0.05, 0.1) is 17.6 Å². The van der Waals surface area contributed by atoms with Crippen LogP contribution in [0.25, 0.3) is 21.8 Å². The number of ether oxygens (including phenoxy) is 1. The summed E-state index contributed by atoms with van der Waals surface area (Å²) in [5.41, 5.74) is 3.03. The van der Waals surface area contributed by atoms with Gasteiger partial charge in [-0.2, -0.15) is 0 Å². The Morgan fingerprint density at radius 1 is 0.730 bits per heavy atom. The zero-order valence-corrected chi connectivity index (χ0v) is 20.2. The van der Waals surface area contributed by atoms with Crippen LogP contribution in [0, 0.1) is 0 Å². The first kappa shape index (κ1) is 23.8. The molecule has 0 saturated carbocycles. The van der Waals surface area contributed by atoms with Crippen LogP contribution in [-0.4, -0.2) is 23.0 Å². The fourth-order valence-corrected chi connectivity index (χ4v) is 4.30. The Labute approximate surface area is 213 Å².